The van der Waals surface area contributed by atoms with Gasteiger partial charge in [0.05, 0.1) is 18.3 Å². The van der Waals surface area contributed by atoms with Crippen molar-refractivity contribution in [2.45, 2.75) is 56.0 Å². The van der Waals surface area contributed by atoms with Crippen molar-refractivity contribution in [2.75, 3.05) is 13.2 Å². The molecule has 4 aromatic rings. The number of amides is 2. The molecule has 1 fully saturated rings. The number of carbonyl (C=O) groups is 3. The van der Waals surface area contributed by atoms with E-state index in [0.717, 1.165) is 11.1 Å². The summed E-state index contributed by atoms with van der Waals surface area (Å²) in [4.78, 5) is 40.2. The number of esters is 1. The van der Waals surface area contributed by atoms with E-state index in [1.807, 2.05) is 84.9 Å². The molecule has 0 aromatic heterocycles. The number of rotatable bonds is 13. The van der Waals surface area contributed by atoms with Crippen LogP contribution >= 0.6 is 0 Å². The van der Waals surface area contributed by atoms with Crippen molar-refractivity contribution >= 4 is 23.9 Å². The van der Waals surface area contributed by atoms with Gasteiger partial charge >= 0.3 is 5.97 Å². The maximum Gasteiger partial charge on any atom is 0.338 e. The lowest BCUT2D eigenvalue weighted by Crippen LogP contribution is -2.54. The molecule has 1 heterocycles. The molecule has 1 aliphatic heterocycles. The van der Waals surface area contributed by atoms with Crippen molar-refractivity contribution in [3.05, 3.63) is 155 Å². The predicted molar refractivity (Wildman–Crippen MR) is 196 cm³/mol. The van der Waals surface area contributed by atoms with E-state index >= 15 is 0 Å². The zero-order valence-electron chi connectivity index (χ0n) is 29.1. The Kier molecular flexibility index (Phi) is 11.8. The number of phenolic OH excluding ortho intramolecular Hbond substituents is 1. The summed E-state index contributed by atoms with van der Waals surface area (Å²) >= 11 is 0. The Morgan fingerprint density at radius 3 is 2.17 bits per heavy atom. The zero-order valence-corrected chi connectivity index (χ0v) is 29.1. The number of allylic oxidation sites excluding steroid dienone is 1. The SMILES string of the molecule is C[C@H](O)[C@@H](NC(=O)C1=C[C@H]2OC(c3ccccc3)(c3ccccc3)O[C@H]2[C@H](OC(=O)c2ccc(C=CCc3ccccc3O)cc2)C1)C(=O)NCCO. The maximum atomic E-state index is 13.7. The van der Waals surface area contributed by atoms with Crippen LogP contribution in [0.3, 0.4) is 0 Å². The number of aliphatic hydroxyl groups excluding tert-OH is 2. The minimum atomic E-state index is -1.40. The highest BCUT2D eigenvalue weighted by atomic mass is 16.8. The molecular weight excluding hydrogens is 676 g/mol. The molecule has 6 rings (SSSR count). The lowest BCUT2D eigenvalue weighted by atomic mass is 9.91. The van der Waals surface area contributed by atoms with E-state index in [0.29, 0.717) is 17.5 Å². The standard InChI is InChI=1S/C42H42N2O9/c1-27(46)37(40(49)43-23-24-45)44-39(48)31-25-35(51-41(50)30-21-19-28(20-22-30)11-10-13-29-12-8-9-18-34(29)47)38-36(26-31)52-42(53-38,32-14-4-2-5-15-32)33-16-6-3-7-17-33/h2-12,14-22,26-27,35-38,45-47H,13,23-25H2,1H3,(H,43,49)(H,44,48)/t27-,35+,36+,37+,38-/m0/s1. The fraction of sp³-hybridized carbons (Fsp3) is 0.262. The molecule has 274 valence electrons. The number of benzene rings is 4. The summed E-state index contributed by atoms with van der Waals surface area (Å²) in [5, 5.41) is 34.6. The summed E-state index contributed by atoms with van der Waals surface area (Å²) in [7, 11) is 0. The molecule has 11 heteroatoms. The molecule has 11 nitrogen and oxygen atoms in total. The van der Waals surface area contributed by atoms with Gasteiger partial charge in [0, 0.05) is 29.7 Å². The molecule has 0 saturated carbocycles. The second kappa shape index (κ2) is 16.8. The van der Waals surface area contributed by atoms with E-state index in [4.69, 9.17) is 19.3 Å². The maximum absolute atomic E-state index is 13.7. The molecule has 2 aliphatic rings. The van der Waals surface area contributed by atoms with Gasteiger partial charge in [-0.25, -0.2) is 4.79 Å². The van der Waals surface area contributed by atoms with Crippen LogP contribution in [0.4, 0.5) is 0 Å². The Balaban J connectivity index is 1.26. The highest BCUT2D eigenvalue weighted by Gasteiger charge is 2.55. The van der Waals surface area contributed by atoms with E-state index in [1.165, 1.54) is 6.92 Å². The molecule has 2 amide bonds. The number of hydrogen-bond donors (Lipinski definition) is 5. The summed E-state index contributed by atoms with van der Waals surface area (Å²) in [6.07, 6.45) is 1.97. The topological polar surface area (TPSA) is 164 Å². The molecule has 1 saturated heterocycles. The van der Waals surface area contributed by atoms with Gasteiger partial charge in [-0.2, -0.15) is 0 Å². The van der Waals surface area contributed by atoms with Crippen LogP contribution in [0, 0.1) is 0 Å². The molecule has 0 spiro atoms. The zero-order chi connectivity index (χ0) is 37.4. The summed E-state index contributed by atoms with van der Waals surface area (Å²) in [6, 6.07) is 31.4. The molecule has 4 aromatic carbocycles. The van der Waals surface area contributed by atoms with Crippen LogP contribution in [0.15, 0.2) is 127 Å². The van der Waals surface area contributed by atoms with E-state index in [1.54, 1.807) is 42.5 Å². The van der Waals surface area contributed by atoms with Crippen molar-refractivity contribution < 1.29 is 43.9 Å². The number of hydrogen-bond acceptors (Lipinski definition) is 9. The van der Waals surface area contributed by atoms with Crippen LogP contribution in [0.25, 0.3) is 6.08 Å². The number of phenols is 1. The molecule has 0 radical (unpaired) electrons. The van der Waals surface area contributed by atoms with Crippen LogP contribution in [0.5, 0.6) is 5.75 Å². The average molecular weight is 719 g/mol. The second-order valence-electron chi connectivity index (χ2n) is 12.9. The third-order valence-corrected chi connectivity index (χ3v) is 9.19. The minimum Gasteiger partial charge on any atom is -0.508 e. The molecule has 53 heavy (non-hydrogen) atoms. The highest BCUT2D eigenvalue weighted by Crippen LogP contribution is 2.47. The Hall–Kier alpha value is -5.59. The van der Waals surface area contributed by atoms with Gasteiger partial charge in [0.15, 0.2) is 0 Å². The first-order valence-corrected chi connectivity index (χ1v) is 17.5. The monoisotopic (exact) mass is 718 g/mol. The fourth-order valence-electron chi connectivity index (χ4n) is 6.46. The van der Waals surface area contributed by atoms with Gasteiger partial charge in [0.1, 0.15) is 30.1 Å². The first-order valence-electron chi connectivity index (χ1n) is 17.5. The Morgan fingerprint density at radius 1 is 0.906 bits per heavy atom. The van der Waals surface area contributed by atoms with Gasteiger partial charge in [-0.3, -0.25) is 9.59 Å². The number of nitrogens with one attached hydrogen (secondary N) is 2. The smallest absolute Gasteiger partial charge is 0.338 e. The number of aliphatic hydroxyl groups is 2. The number of aromatic hydroxyl groups is 1. The van der Waals surface area contributed by atoms with E-state index in [9.17, 15) is 24.6 Å². The normalized spacial score (nSPS) is 20.1. The third-order valence-electron chi connectivity index (χ3n) is 9.19. The number of ether oxygens (including phenoxy) is 3. The summed E-state index contributed by atoms with van der Waals surface area (Å²) in [6.45, 7) is 1.01. The van der Waals surface area contributed by atoms with E-state index in [-0.39, 0.29) is 36.5 Å². The van der Waals surface area contributed by atoms with Gasteiger partial charge in [0.2, 0.25) is 17.6 Å². The molecule has 5 atom stereocenters. The van der Waals surface area contributed by atoms with Crippen LogP contribution < -0.4 is 10.6 Å². The predicted octanol–water partition coefficient (Wildman–Crippen LogP) is 4.16. The third kappa shape index (κ3) is 8.56. The summed E-state index contributed by atoms with van der Waals surface area (Å²) in [5.74, 6) is -3.13. The molecule has 1 aliphatic carbocycles. The van der Waals surface area contributed by atoms with Crippen LogP contribution in [-0.4, -0.2) is 76.7 Å². The van der Waals surface area contributed by atoms with Crippen LogP contribution in [-0.2, 0) is 36.0 Å². The van der Waals surface area contributed by atoms with Gasteiger partial charge in [-0.15, -0.1) is 0 Å². The van der Waals surface area contributed by atoms with Gasteiger partial charge in [-0.1, -0.05) is 103 Å². The first kappa shape index (κ1) is 37.2. The number of para-hydroxylation sites is 1. The second-order valence-corrected chi connectivity index (χ2v) is 12.9. The largest absolute Gasteiger partial charge is 0.508 e. The van der Waals surface area contributed by atoms with Gasteiger partial charge in [-0.05, 0) is 48.7 Å². The molecule has 5 N–H and O–H groups in total. The summed E-state index contributed by atoms with van der Waals surface area (Å²) < 4.78 is 19.6. The quantitative estimate of drug-likeness (QED) is 0.128. The Morgan fingerprint density at radius 2 is 1.55 bits per heavy atom. The Bertz CT molecular complexity index is 1900. The van der Waals surface area contributed by atoms with Crippen molar-refractivity contribution in [1.82, 2.24) is 10.6 Å². The number of fused-ring (bicyclic) bond motifs is 1. The van der Waals surface area contributed by atoms with Crippen molar-refractivity contribution in [3.8, 4) is 5.75 Å². The van der Waals surface area contributed by atoms with Gasteiger partial charge in [0.25, 0.3) is 0 Å². The minimum absolute atomic E-state index is 0.0514. The Labute approximate surface area is 307 Å². The van der Waals surface area contributed by atoms with E-state index in [2.05, 4.69) is 10.6 Å². The van der Waals surface area contributed by atoms with E-state index < -0.39 is 54.0 Å². The fourth-order valence-corrected chi connectivity index (χ4v) is 6.46. The lowest BCUT2D eigenvalue weighted by molar-refractivity contribution is -0.157. The number of carbonyl (C=O) groups excluding carboxylic acids is 3. The van der Waals surface area contributed by atoms with Crippen molar-refractivity contribution in [3.63, 3.8) is 0 Å². The molecule has 0 unspecified atom stereocenters. The summed E-state index contributed by atoms with van der Waals surface area (Å²) in [5.41, 5.74) is 3.50. The van der Waals surface area contributed by atoms with Crippen molar-refractivity contribution in [1.29, 1.82) is 0 Å². The van der Waals surface area contributed by atoms with Gasteiger partial charge < -0.3 is 40.2 Å². The average Bonchev–Trinajstić information content (AvgIpc) is 3.59. The van der Waals surface area contributed by atoms with Crippen molar-refractivity contribution in [2.24, 2.45) is 0 Å². The lowest BCUT2D eigenvalue weighted by Gasteiger charge is -2.31. The first-order chi connectivity index (χ1) is 25.7. The van der Waals surface area contributed by atoms with Crippen LogP contribution in [0.1, 0.15) is 46.0 Å². The molecular formula is C42H42N2O9. The highest BCUT2D eigenvalue weighted by molar-refractivity contribution is 5.97. The molecule has 0 bridgehead atoms. The van der Waals surface area contributed by atoms with Crippen LogP contribution in [0.2, 0.25) is 0 Å².